The fourth-order valence-corrected chi connectivity index (χ4v) is 2.57. The van der Waals surface area contributed by atoms with E-state index in [1.807, 2.05) is 0 Å². The minimum absolute atomic E-state index is 0.147. The maximum Gasteiger partial charge on any atom is 0.240 e. The molecule has 0 saturated carbocycles. The van der Waals surface area contributed by atoms with E-state index in [1.54, 1.807) is 19.2 Å². The zero-order valence-electron chi connectivity index (χ0n) is 10.6. The first-order valence-corrected chi connectivity index (χ1v) is 7.78. The summed E-state index contributed by atoms with van der Waals surface area (Å²) in [6.45, 7) is 4.61. The molecule has 1 aromatic rings. The van der Waals surface area contributed by atoms with Gasteiger partial charge < -0.3 is 9.47 Å². The van der Waals surface area contributed by atoms with Crippen molar-refractivity contribution in [2.24, 2.45) is 0 Å². The molecule has 0 fully saturated rings. The Balaban J connectivity index is 2.67. The quantitative estimate of drug-likeness (QED) is 0.728. The Morgan fingerprint density at radius 3 is 2.47 bits per heavy atom. The maximum atomic E-state index is 11.9. The van der Waals surface area contributed by atoms with Gasteiger partial charge in [-0.15, -0.1) is 0 Å². The smallest absolute Gasteiger partial charge is 0.240 e. The van der Waals surface area contributed by atoms with Crippen molar-refractivity contribution in [2.75, 3.05) is 26.9 Å². The van der Waals surface area contributed by atoms with Gasteiger partial charge >= 0.3 is 0 Å². The Morgan fingerprint density at radius 1 is 1.32 bits per heavy atom. The molecule has 0 saturated heterocycles. The number of hydrogen-bond acceptors (Lipinski definition) is 4. The number of methoxy groups -OCH3 is 1. The largest absolute Gasteiger partial charge is 0.491 e. The van der Waals surface area contributed by atoms with Crippen LogP contribution < -0.4 is 9.46 Å². The summed E-state index contributed by atoms with van der Waals surface area (Å²) in [4.78, 5) is 0.181. The molecular formula is C12H16BrNO4S. The highest BCUT2D eigenvalue weighted by molar-refractivity contribution is 9.11. The van der Waals surface area contributed by atoms with Crippen LogP contribution in [-0.4, -0.2) is 35.3 Å². The van der Waals surface area contributed by atoms with E-state index < -0.39 is 10.0 Å². The third kappa shape index (κ3) is 5.73. The zero-order valence-corrected chi connectivity index (χ0v) is 13.0. The van der Waals surface area contributed by atoms with Crippen molar-refractivity contribution in [3.05, 3.63) is 35.3 Å². The molecule has 0 bridgehead atoms. The number of nitrogens with one attached hydrogen (secondary N) is 1. The summed E-state index contributed by atoms with van der Waals surface area (Å²) in [5.41, 5.74) is 0. The molecule has 19 heavy (non-hydrogen) atoms. The Kier molecular flexibility index (Phi) is 6.50. The summed E-state index contributed by atoms with van der Waals surface area (Å²) in [5, 5.41) is 0. The van der Waals surface area contributed by atoms with Crippen LogP contribution >= 0.6 is 15.9 Å². The van der Waals surface area contributed by atoms with Crippen LogP contribution in [0.15, 0.2) is 40.2 Å². The van der Waals surface area contributed by atoms with E-state index in [1.165, 1.54) is 12.1 Å². The molecule has 106 valence electrons. The van der Waals surface area contributed by atoms with E-state index in [4.69, 9.17) is 9.47 Å². The molecule has 0 heterocycles. The zero-order chi connectivity index (χ0) is 14.3. The molecule has 5 nitrogen and oxygen atoms in total. The van der Waals surface area contributed by atoms with Crippen LogP contribution in [0.3, 0.4) is 0 Å². The summed E-state index contributed by atoms with van der Waals surface area (Å²) in [6, 6.07) is 6.18. The van der Waals surface area contributed by atoms with E-state index in [0.717, 1.165) is 0 Å². The van der Waals surface area contributed by atoms with Crippen LogP contribution in [0.4, 0.5) is 0 Å². The monoisotopic (exact) mass is 349 g/mol. The molecule has 0 atom stereocenters. The topological polar surface area (TPSA) is 64.6 Å². The summed E-state index contributed by atoms with van der Waals surface area (Å²) >= 11 is 3.09. The summed E-state index contributed by atoms with van der Waals surface area (Å²) < 4.78 is 36.9. The highest BCUT2D eigenvalue weighted by atomic mass is 79.9. The lowest BCUT2D eigenvalue weighted by Crippen LogP contribution is -2.24. The molecule has 0 aliphatic carbocycles. The number of halogens is 1. The van der Waals surface area contributed by atoms with Crippen molar-refractivity contribution in [3.63, 3.8) is 0 Å². The van der Waals surface area contributed by atoms with Crippen LogP contribution in [0.1, 0.15) is 0 Å². The second-order valence-corrected chi connectivity index (χ2v) is 6.54. The third-order valence-electron chi connectivity index (χ3n) is 2.14. The number of ether oxygens (including phenoxy) is 2. The summed E-state index contributed by atoms with van der Waals surface area (Å²) in [7, 11) is -1.93. The minimum atomic E-state index is -3.52. The van der Waals surface area contributed by atoms with E-state index in [-0.39, 0.29) is 11.4 Å². The lowest BCUT2D eigenvalue weighted by Gasteiger charge is -2.08. The van der Waals surface area contributed by atoms with Crippen LogP contribution in [0.5, 0.6) is 5.75 Å². The van der Waals surface area contributed by atoms with Crippen LogP contribution in [0, 0.1) is 0 Å². The summed E-state index contributed by atoms with van der Waals surface area (Å²) in [6.07, 6.45) is 0. The molecular weight excluding hydrogens is 334 g/mol. The average Bonchev–Trinajstić information content (AvgIpc) is 2.37. The molecule has 1 aromatic carbocycles. The first-order chi connectivity index (χ1) is 8.95. The van der Waals surface area contributed by atoms with Gasteiger partial charge in [-0.1, -0.05) is 22.5 Å². The van der Waals surface area contributed by atoms with Gasteiger partial charge in [-0.25, -0.2) is 13.1 Å². The Morgan fingerprint density at radius 2 is 1.95 bits per heavy atom. The lowest BCUT2D eigenvalue weighted by atomic mass is 10.3. The minimum Gasteiger partial charge on any atom is -0.491 e. The van der Waals surface area contributed by atoms with Gasteiger partial charge in [0.1, 0.15) is 12.4 Å². The number of benzene rings is 1. The Bertz CT molecular complexity index is 513. The number of sulfonamides is 1. The molecule has 0 aliphatic heterocycles. The van der Waals surface area contributed by atoms with Crippen LogP contribution in [-0.2, 0) is 14.8 Å². The predicted molar refractivity (Wildman–Crippen MR) is 77.1 cm³/mol. The molecule has 0 aromatic heterocycles. The Labute approximate surface area is 121 Å². The second-order valence-electron chi connectivity index (χ2n) is 3.65. The first kappa shape index (κ1) is 16.2. The highest BCUT2D eigenvalue weighted by Gasteiger charge is 2.13. The standard InChI is InChI=1S/C12H16BrNO4S/c1-10(13)9-14-19(15,16)12-5-3-11(4-6-12)18-8-7-17-2/h3-6,14H,1,7-9H2,2H3. The van der Waals surface area contributed by atoms with Crippen molar-refractivity contribution >= 4 is 26.0 Å². The Hall–Kier alpha value is -0.890. The van der Waals surface area contributed by atoms with Gasteiger partial charge in [-0.2, -0.15) is 0 Å². The highest BCUT2D eigenvalue weighted by Crippen LogP contribution is 2.16. The van der Waals surface area contributed by atoms with Gasteiger partial charge in [0.15, 0.2) is 0 Å². The number of hydrogen-bond donors (Lipinski definition) is 1. The van der Waals surface area contributed by atoms with Gasteiger partial charge in [0.25, 0.3) is 0 Å². The molecule has 1 N–H and O–H groups in total. The fraction of sp³-hybridized carbons (Fsp3) is 0.333. The van der Waals surface area contributed by atoms with Crippen LogP contribution in [0.2, 0.25) is 0 Å². The first-order valence-electron chi connectivity index (χ1n) is 5.50. The van der Waals surface area contributed by atoms with Gasteiger partial charge in [0.2, 0.25) is 10.0 Å². The maximum absolute atomic E-state index is 11.9. The van der Waals surface area contributed by atoms with E-state index in [9.17, 15) is 8.42 Å². The SMILES string of the molecule is C=C(Br)CNS(=O)(=O)c1ccc(OCCOC)cc1. The van der Waals surface area contributed by atoms with Crippen LogP contribution in [0.25, 0.3) is 0 Å². The molecule has 0 amide bonds. The number of rotatable bonds is 8. The van der Waals surface area contributed by atoms with Crippen molar-refractivity contribution in [3.8, 4) is 5.75 Å². The van der Waals surface area contributed by atoms with Crippen molar-refractivity contribution in [1.29, 1.82) is 0 Å². The lowest BCUT2D eigenvalue weighted by molar-refractivity contribution is 0.146. The average molecular weight is 350 g/mol. The molecule has 1 rings (SSSR count). The normalized spacial score (nSPS) is 11.3. The van der Waals surface area contributed by atoms with E-state index >= 15 is 0 Å². The van der Waals surface area contributed by atoms with Gasteiger partial charge in [0.05, 0.1) is 11.5 Å². The molecule has 0 unspecified atom stereocenters. The summed E-state index contributed by atoms with van der Waals surface area (Å²) in [5.74, 6) is 0.598. The van der Waals surface area contributed by atoms with E-state index in [2.05, 4.69) is 27.2 Å². The third-order valence-corrected chi connectivity index (χ3v) is 3.84. The molecule has 0 aliphatic rings. The fourth-order valence-electron chi connectivity index (χ4n) is 1.21. The van der Waals surface area contributed by atoms with Gasteiger partial charge in [-0.05, 0) is 24.3 Å². The van der Waals surface area contributed by atoms with E-state index in [0.29, 0.717) is 23.4 Å². The van der Waals surface area contributed by atoms with Gasteiger partial charge in [0, 0.05) is 18.1 Å². The van der Waals surface area contributed by atoms with Crippen molar-refractivity contribution in [2.45, 2.75) is 4.90 Å². The molecule has 0 radical (unpaired) electrons. The van der Waals surface area contributed by atoms with Crippen molar-refractivity contribution in [1.82, 2.24) is 4.72 Å². The van der Waals surface area contributed by atoms with Gasteiger partial charge in [-0.3, -0.25) is 0 Å². The van der Waals surface area contributed by atoms with Crippen molar-refractivity contribution < 1.29 is 17.9 Å². The second kappa shape index (κ2) is 7.64. The predicted octanol–water partition coefficient (Wildman–Crippen LogP) is 1.90. The molecule has 0 spiro atoms. The molecule has 7 heteroatoms.